The van der Waals surface area contributed by atoms with Crippen LogP contribution >= 0.6 is 0 Å². The van der Waals surface area contributed by atoms with E-state index in [1.807, 2.05) is 0 Å². The maximum Gasteiger partial charge on any atom is 0.327 e. The highest BCUT2D eigenvalue weighted by Crippen LogP contribution is 1.74. The fourth-order valence-corrected chi connectivity index (χ4v) is 0. The Labute approximate surface area is 65.1 Å². The molecule has 0 aromatic rings. The molecule has 0 aromatic heterocycles. The molecule has 0 saturated heterocycles. The molecular formula is C5H10O5S. The molecule has 0 unspecified atom stereocenters. The molecule has 6 heteroatoms. The highest BCUT2D eigenvalue weighted by atomic mass is 32.2. The van der Waals surface area contributed by atoms with Crippen molar-refractivity contribution in [3.8, 4) is 0 Å². The van der Waals surface area contributed by atoms with Gasteiger partial charge in [0.05, 0.1) is 5.75 Å². The molecule has 0 saturated carbocycles. The summed E-state index contributed by atoms with van der Waals surface area (Å²) in [6.45, 7) is 4.33. The van der Waals surface area contributed by atoms with Crippen LogP contribution < -0.4 is 0 Å². The molecule has 0 aliphatic rings. The molecule has 0 spiro atoms. The van der Waals surface area contributed by atoms with Crippen molar-refractivity contribution in [2.24, 2.45) is 0 Å². The van der Waals surface area contributed by atoms with E-state index in [-0.39, 0.29) is 5.75 Å². The van der Waals surface area contributed by atoms with Crippen LogP contribution in [0.25, 0.3) is 0 Å². The molecule has 11 heavy (non-hydrogen) atoms. The smallest absolute Gasteiger partial charge is 0.327 e. The Morgan fingerprint density at radius 2 is 1.82 bits per heavy atom. The van der Waals surface area contributed by atoms with E-state index in [2.05, 4.69) is 6.58 Å². The van der Waals surface area contributed by atoms with Crippen molar-refractivity contribution < 1.29 is 22.9 Å². The summed E-state index contributed by atoms with van der Waals surface area (Å²) >= 11 is 0. The summed E-state index contributed by atoms with van der Waals surface area (Å²) in [6, 6.07) is 0. The Balaban J connectivity index is 0. The van der Waals surface area contributed by atoms with Crippen molar-refractivity contribution in [3.05, 3.63) is 12.7 Å². The Kier molecular flexibility index (Phi) is 6.81. The minimum Gasteiger partial charge on any atom is -0.478 e. The molecule has 5 nitrogen and oxygen atoms in total. The number of hydrogen-bond donors (Lipinski definition) is 2. The van der Waals surface area contributed by atoms with Gasteiger partial charge < -0.3 is 5.11 Å². The van der Waals surface area contributed by atoms with Crippen LogP contribution in [0.1, 0.15) is 6.92 Å². The van der Waals surface area contributed by atoms with Crippen LogP contribution in [0.3, 0.4) is 0 Å². The molecule has 0 aliphatic carbocycles. The molecule has 66 valence electrons. The maximum atomic E-state index is 9.56. The largest absolute Gasteiger partial charge is 0.478 e. The quantitative estimate of drug-likeness (QED) is 0.468. The topological polar surface area (TPSA) is 91.7 Å². The lowest BCUT2D eigenvalue weighted by Crippen LogP contribution is -1.97. The van der Waals surface area contributed by atoms with Crippen LogP contribution in [0, 0.1) is 0 Å². The van der Waals surface area contributed by atoms with Gasteiger partial charge in [-0.1, -0.05) is 6.58 Å². The molecule has 0 bridgehead atoms. The summed E-state index contributed by atoms with van der Waals surface area (Å²) in [7, 11) is -3.66. The van der Waals surface area contributed by atoms with E-state index in [0.717, 1.165) is 6.08 Å². The Morgan fingerprint density at radius 3 is 1.82 bits per heavy atom. The number of carbonyl (C=O) groups is 1. The van der Waals surface area contributed by atoms with Crippen LogP contribution in [-0.4, -0.2) is 29.8 Å². The highest BCUT2D eigenvalue weighted by Gasteiger charge is 1.93. The summed E-state index contributed by atoms with van der Waals surface area (Å²) in [6.07, 6.45) is 0.833. The molecular weight excluding hydrogens is 172 g/mol. The minimum atomic E-state index is -3.66. The van der Waals surface area contributed by atoms with E-state index in [0.29, 0.717) is 0 Å². The molecule has 0 atom stereocenters. The van der Waals surface area contributed by atoms with Crippen LogP contribution in [0.2, 0.25) is 0 Å². The minimum absolute atomic E-state index is 0.201. The Morgan fingerprint density at radius 1 is 1.64 bits per heavy atom. The zero-order chi connectivity index (χ0) is 9.49. The average molecular weight is 182 g/mol. The zero-order valence-corrected chi connectivity index (χ0v) is 6.84. The normalized spacial score (nSPS) is 9.27. The third-order valence-corrected chi connectivity index (χ3v) is 1.27. The number of rotatable bonds is 2. The first-order chi connectivity index (χ1) is 4.83. The lowest BCUT2D eigenvalue weighted by molar-refractivity contribution is -0.131. The molecule has 0 aliphatic heterocycles. The summed E-state index contributed by atoms with van der Waals surface area (Å²) in [4.78, 5) is 9.25. The summed E-state index contributed by atoms with van der Waals surface area (Å²) in [5, 5.41) is 7.60. The van der Waals surface area contributed by atoms with Gasteiger partial charge in [-0.05, 0) is 6.92 Å². The molecule has 0 aromatic carbocycles. The van der Waals surface area contributed by atoms with Crippen LogP contribution in [-0.2, 0) is 14.9 Å². The fraction of sp³-hybridized carbons (Fsp3) is 0.400. The molecule has 0 rings (SSSR count). The first kappa shape index (κ1) is 12.8. The van der Waals surface area contributed by atoms with Gasteiger partial charge in [0, 0.05) is 6.08 Å². The van der Waals surface area contributed by atoms with Gasteiger partial charge in [0.2, 0.25) is 0 Å². The summed E-state index contributed by atoms with van der Waals surface area (Å²) in [5.74, 6) is -1.18. The zero-order valence-electron chi connectivity index (χ0n) is 6.02. The second kappa shape index (κ2) is 5.87. The molecule has 0 radical (unpaired) electrons. The first-order valence-corrected chi connectivity index (χ1v) is 4.25. The first-order valence-electron chi connectivity index (χ1n) is 2.64. The number of hydrogen-bond acceptors (Lipinski definition) is 3. The number of carboxylic acid groups (broad SMARTS) is 1. The van der Waals surface area contributed by atoms with E-state index >= 15 is 0 Å². The van der Waals surface area contributed by atoms with Gasteiger partial charge in [0.1, 0.15) is 0 Å². The lowest BCUT2D eigenvalue weighted by Gasteiger charge is -1.79. The Hall–Kier alpha value is -0.880. The molecule has 0 amide bonds. The monoisotopic (exact) mass is 182 g/mol. The standard InChI is InChI=1S/C3H4O2.C2H6O3S/c1-2-3(4)5;1-2-6(3,4)5/h2H,1H2,(H,4,5);2H2,1H3,(H,3,4,5). The second-order valence-electron chi connectivity index (χ2n) is 1.41. The van der Waals surface area contributed by atoms with Gasteiger partial charge in [-0.25, -0.2) is 4.79 Å². The average Bonchev–Trinajstić information content (AvgIpc) is 1.88. The predicted molar refractivity (Wildman–Crippen MR) is 39.9 cm³/mol. The highest BCUT2D eigenvalue weighted by molar-refractivity contribution is 7.85. The van der Waals surface area contributed by atoms with Crippen LogP contribution in [0.15, 0.2) is 12.7 Å². The van der Waals surface area contributed by atoms with Crippen molar-refractivity contribution in [2.45, 2.75) is 6.92 Å². The van der Waals surface area contributed by atoms with Gasteiger partial charge in [0.25, 0.3) is 10.1 Å². The fourth-order valence-electron chi connectivity index (χ4n) is 0. The summed E-state index contributed by atoms with van der Waals surface area (Å²) in [5.41, 5.74) is 0. The third kappa shape index (κ3) is 27.2. The van der Waals surface area contributed by atoms with Crippen molar-refractivity contribution in [3.63, 3.8) is 0 Å². The van der Waals surface area contributed by atoms with Crippen LogP contribution in [0.4, 0.5) is 0 Å². The van der Waals surface area contributed by atoms with E-state index < -0.39 is 16.1 Å². The van der Waals surface area contributed by atoms with E-state index in [1.165, 1.54) is 6.92 Å². The van der Waals surface area contributed by atoms with E-state index in [9.17, 15) is 13.2 Å². The van der Waals surface area contributed by atoms with Crippen molar-refractivity contribution in [1.82, 2.24) is 0 Å². The lowest BCUT2D eigenvalue weighted by atomic mass is 10.7. The Bertz CT molecular complexity index is 215. The van der Waals surface area contributed by atoms with Gasteiger partial charge in [-0.2, -0.15) is 8.42 Å². The van der Waals surface area contributed by atoms with Gasteiger partial charge in [-0.15, -0.1) is 0 Å². The predicted octanol–water partition coefficient (Wildman–Crippen LogP) is 0.151. The molecule has 0 heterocycles. The molecule has 2 N–H and O–H groups in total. The summed E-state index contributed by atoms with van der Waals surface area (Å²) < 4.78 is 26.9. The van der Waals surface area contributed by atoms with Crippen molar-refractivity contribution in [1.29, 1.82) is 0 Å². The SMILES string of the molecule is C=CC(=O)O.CCS(=O)(=O)O. The third-order valence-electron chi connectivity index (χ3n) is 0.539. The van der Waals surface area contributed by atoms with Crippen LogP contribution in [0.5, 0.6) is 0 Å². The van der Waals surface area contributed by atoms with Gasteiger partial charge in [0.15, 0.2) is 0 Å². The number of aliphatic carboxylic acids is 1. The van der Waals surface area contributed by atoms with E-state index in [4.69, 9.17) is 9.66 Å². The number of carboxylic acids is 1. The van der Waals surface area contributed by atoms with Gasteiger partial charge >= 0.3 is 5.97 Å². The van der Waals surface area contributed by atoms with Gasteiger partial charge in [-0.3, -0.25) is 4.55 Å². The molecule has 0 fully saturated rings. The van der Waals surface area contributed by atoms with Crippen molar-refractivity contribution in [2.75, 3.05) is 5.75 Å². The van der Waals surface area contributed by atoms with Crippen molar-refractivity contribution >= 4 is 16.1 Å². The maximum absolute atomic E-state index is 9.56. The van der Waals surface area contributed by atoms with E-state index in [1.54, 1.807) is 0 Å². The second-order valence-corrected chi connectivity index (χ2v) is 3.15.